The summed E-state index contributed by atoms with van der Waals surface area (Å²) in [5.74, 6) is 0.868. The van der Waals surface area contributed by atoms with Crippen molar-refractivity contribution in [3.63, 3.8) is 0 Å². The summed E-state index contributed by atoms with van der Waals surface area (Å²) >= 11 is 0. The third-order valence-electron chi connectivity index (χ3n) is 5.37. The lowest BCUT2D eigenvalue weighted by Crippen LogP contribution is -2.26. The molecule has 0 unspecified atom stereocenters. The summed E-state index contributed by atoms with van der Waals surface area (Å²) in [5.41, 5.74) is 1.59. The van der Waals surface area contributed by atoms with E-state index in [0.717, 1.165) is 0 Å². The molecule has 2 aromatic carbocycles. The Morgan fingerprint density at radius 1 is 1.12 bits per heavy atom. The van der Waals surface area contributed by atoms with E-state index in [0.29, 0.717) is 65.3 Å². The SMILES string of the molecule is COc1cc(N=S(C)(C)=O)cc2ncnc(Nc3ccc(F)cc3OC3CCC(O)CC3)c12. The van der Waals surface area contributed by atoms with Gasteiger partial charge in [-0.05, 0) is 43.9 Å². The number of halogens is 1. The molecule has 176 valence electrons. The molecule has 1 fully saturated rings. The summed E-state index contributed by atoms with van der Waals surface area (Å²) in [4.78, 5) is 8.68. The lowest BCUT2D eigenvalue weighted by molar-refractivity contribution is 0.0668. The molecule has 0 spiro atoms. The van der Waals surface area contributed by atoms with Gasteiger partial charge in [-0.1, -0.05) is 0 Å². The predicted molar refractivity (Wildman–Crippen MR) is 127 cm³/mol. The monoisotopic (exact) mass is 474 g/mol. The van der Waals surface area contributed by atoms with E-state index in [1.807, 2.05) is 0 Å². The average molecular weight is 475 g/mol. The Bertz CT molecular complexity index is 1280. The van der Waals surface area contributed by atoms with Gasteiger partial charge in [0.05, 0.1) is 41.6 Å². The Balaban J connectivity index is 1.71. The van der Waals surface area contributed by atoms with Crippen molar-refractivity contribution < 1.29 is 23.2 Å². The first-order chi connectivity index (χ1) is 15.7. The fraction of sp³-hybridized carbons (Fsp3) is 0.391. The van der Waals surface area contributed by atoms with Crippen molar-refractivity contribution in [3.05, 3.63) is 42.5 Å². The first kappa shape index (κ1) is 23.2. The van der Waals surface area contributed by atoms with E-state index in [1.54, 1.807) is 30.7 Å². The number of nitrogens with zero attached hydrogens (tertiary/aromatic N) is 3. The highest BCUT2D eigenvalue weighted by atomic mass is 32.2. The Morgan fingerprint density at radius 2 is 1.88 bits per heavy atom. The van der Waals surface area contributed by atoms with Crippen LogP contribution in [-0.4, -0.2) is 51.1 Å². The van der Waals surface area contributed by atoms with Gasteiger partial charge >= 0.3 is 0 Å². The highest BCUT2D eigenvalue weighted by Crippen LogP contribution is 2.38. The quantitative estimate of drug-likeness (QED) is 0.539. The largest absolute Gasteiger partial charge is 0.496 e. The van der Waals surface area contributed by atoms with Crippen LogP contribution in [0.2, 0.25) is 0 Å². The van der Waals surface area contributed by atoms with Crippen LogP contribution in [0.15, 0.2) is 41.0 Å². The lowest BCUT2D eigenvalue weighted by Gasteiger charge is -2.27. The molecule has 0 amide bonds. The number of hydrogen-bond donors (Lipinski definition) is 2. The van der Waals surface area contributed by atoms with Gasteiger partial charge in [0.2, 0.25) is 0 Å². The van der Waals surface area contributed by atoms with Gasteiger partial charge in [0.1, 0.15) is 29.5 Å². The van der Waals surface area contributed by atoms with E-state index in [9.17, 15) is 13.7 Å². The molecule has 1 heterocycles. The van der Waals surface area contributed by atoms with Crippen molar-refractivity contribution in [2.24, 2.45) is 4.36 Å². The predicted octanol–water partition coefficient (Wildman–Crippen LogP) is 4.56. The highest BCUT2D eigenvalue weighted by Gasteiger charge is 2.22. The van der Waals surface area contributed by atoms with Crippen molar-refractivity contribution in [1.29, 1.82) is 0 Å². The standard InChI is InChI=1S/C23H27FN4O4S/c1-31-21-12-15(28-33(2,3)30)11-19-22(21)23(26-13-25-19)27-18-9-4-14(24)10-20(18)32-17-7-5-16(29)6-8-17/h4,9-13,16-17,29H,5-8H2,1-3H3,(H,25,26,27). The maximum absolute atomic E-state index is 14.0. The molecular weight excluding hydrogens is 447 g/mol. The summed E-state index contributed by atoms with van der Waals surface area (Å²) < 4.78 is 42.1. The molecule has 2 N–H and O–H groups in total. The Morgan fingerprint density at radius 3 is 2.58 bits per heavy atom. The van der Waals surface area contributed by atoms with Gasteiger partial charge in [-0.3, -0.25) is 0 Å². The van der Waals surface area contributed by atoms with Crippen LogP contribution in [0.25, 0.3) is 10.9 Å². The third-order valence-corrected chi connectivity index (χ3v) is 6.02. The third kappa shape index (κ3) is 5.69. The number of fused-ring (bicyclic) bond motifs is 1. The number of aliphatic hydroxyl groups is 1. The van der Waals surface area contributed by atoms with Crippen molar-refractivity contribution in [1.82, 2.24) is 9.97 Å². The van der Waals surface area contributed by atoms with E-state index in [4.69, 9.17) is 9.47 Å². The fourth-order valence-electron chi connectivity index (χ4n) is 3.87. The molecule has 8 nitrogen and oxygen atoms in total. The topological polar surface area (TPSA) is 106 Å². The van der Waals surface area contributed by atoms with Crippen molar-refractivity contribution in [3.8, 4) is 11.5 Å². The number of rotatable bonds is 6. The molecule has 3 aromatic rings. The van der Waals surface area contributed by atoms with Crippen LogP contribution >= 0.6 is 0 Å². The van der Waals surface area contributed by atoms with Crippen LogP contribution in [0.3, 0.4) is 0 Å². The zero-order chi connectivity index (χ0) is 23.6. The Kier molecular flexibility index (Phi) is 6.66. The molecule has 0 bridgehead atoms. The van der Waals surface area contributed by atoms with Crippen molar-refractivity contribution in [2.75, 3.05) is 24.9 Å². The number of benzene rings is 2. The van der Waals surface area contributed by atoms with Gasteiger partial charge in [0.15, 0.2) is 0 Å². The molecule has 0 aliphatic heterocycles. The molecule has 1 saturated carbocycles. The van der Waals surface area contributed by atoms with Gasteiger partial charge < -0.3 is 19.9 Å². The van der Waals surface area contributed by atoms with Crippen molar-refractivity contribution >= 4 is 37.8 Å². The summed E-state index contributed by atoms with van der Waals surface area (Å²) in [7, 11) is -0.842. The summed E-state index contributed by atoms with van der Waals surface area (Å²) in [6.45, 7) is 0. The second-order valence-corrected chi connectivity index (χ2v) is 10.9. The number of aliphatic hydroxyl groups excluding tert-OH is 1. The van der Waals surface area contributed by atoms with Crippen LogP contribution in [0.1, 0.15) is 25.7 Å². The highest BCUT2D eigenvalue weighted by molar-refractivity contribution is 7.92. The maximum Gasteiger partial charge on any atom is 0.146 e. The Labute approximate surface area is 192 Å². The van der Waals surface area contributed by atoms with Crippen LogP contribution < -0.4 is 14.8 Å². The van der Waals surface area contributed by atoms with E-state index >= 15 is 0 Å². The zero-order valence-electron chi connectivity index (χ0n) is 18.7. The molecular formula is C23H27FN4O4S. The van der Waals surface area contributed by atoms with Gasteiger partial charge in [-0.25, -0.2) is 18.6 Å². The molecule has 0 radical (unpaired) electrons. The molecule has 1 aliphatic rings. The summed E-state index contributed by atoms with van der Waals surface area (Å²) in [6, 6.07) is 7.67. The van der Waals surface area contributed by atoms with Gasteiger partial charge in [-0.2, -0.15) is 4.36 Å². The number of nitrogens with one attached hydrogen (secondary N) is 1. The first-order valence-corrected chi connectivity index (χ1v) is 13.0. The second kappa shape index (κ2) is 9.48. The maximum atomic E-state index is 14.0. The normalized spacial score (nSPS) is 18.7. The number of aromatic nitrogens is 2. The van der Waals surface area contributed by atoms with Crippen LogP contribution in [0.5, 0.6) is 11.5 Å². The molecule has 33 heavy (non-hydrogen) atoms. The molecule has 10 heteroatoms. The van der Waals surface area contributed by atoms with Crippen LogP contribution in [0.4, 0.5) is 21.6 Å². The average Bonchev–Trinajstić information content (AvgIpc) is 2.75. The second-order valence-electron chi connectivity index (χ2n) is 8.35. The van der Waals surface area contributed by atoms with Gasteiger partial charge in [-0.15, -0.1) is 0 Å². The number of ether oxygens (including phenoxy) is 2. The van der Waals surface area contributed by atoms with E-state index in [-0.39, 0.29) is 12.2 Å². The minimum Gasteiger partial charge on any atom is -0.496 e. The number of methoxy groups -OCH3 is 1. The van der Waals surface area contributed by atoms with Crippen molar-refractivity contribution in [2.45, 2.75) is 37.9 Å². The summed E-state index contributed by atoms with van der Waals surface area (Å²) in [6.07, 6.45) is 6.82. The number of hydrogen-bond acceptors (Lipinski definition) is 8. The Hall–Kier alpha value is -2.98. The van der Waals surface area contributed by atoms with Crippen LogP contribution in [0, 0.1) is 5.82 Å². The summed E-state index contributed by atoms with van der Waals surface area (Å²) in [5, 5.41) is 13.6. The zero-order valence-corrected chi connectivity index (χ0v) is 19.6. The van der Waals surface area contributed by atoms with Gasteiger partial charge in [0.25, 0.3) is 0 Å². The molecule has 0 saturated heterocycles. The molecule has 4 rings (SSSR count). The minimum absolute atomic E-state index is 0.102. The minimum atomic E-state index is -2.36. The fourth-order valence-corrected chi connectivity index (χ4v) is 4.48. The van der Waals surface area contributed by atoms with E-state index in [2.05, 4.69) is 19.6 Å². The number of anilines is 2. The van der Waals surface area contributed by atoms with Crippen LogP contribution in [-0.2, 0) is 9.73 Å². The lowest BCUT2D eigenvalue weighted by atomic mass is 9.95. The molecule has 1 aliphatic carbocycles. The smallest absolute Gasteiger partial charge is 0.146 e. The molecule has 0 atom stereocenters. The molecule has 1 aromatic heterocycles. The van der Waals surface area contributed by atoms with E-state index in [1.165, 1.54) is 25.6 Å². The van der Waals surface area contributed by atoms with Gasteiger partial charge in [0, 0.05) is 34.4 Å². The first-order valence-electron chi connectivity index (χ1n) is 10.6. The van der Waals surface area contributed by atoms with E-state index < -0.39 is 15.5 Å².